The summed E-state index contributed by atoms with van der Waals surface area (Å²) >= 11 is 5.59. The fraction of sp³-hybridized carbons (Fsp3) is 1.00. The molecule has 0 aromatic rings. The lowest BCUT2D eigenvalue weighted by Crippen LogP contribution is -2.45. The Bertz CT molecular complexity index is 259. The second-order valence-corrected chi connectivity index (χ2v) is 4.53. The minimum Gasteiger partial charge on any atom is -0.264 e. The highest BCUT2D eigenvalue weighted by Crippen LogP contribution is 2.42. The van der Waals surface area contributed by atoms with Crippen LogP contribution in [-0.4, -0.2) is 22.5 Å². The lowest BCUT2D eigenvalue weighted by Gasteiger charge is -2.33. The molecule has 1 aliphatic rings. The number of nitrogens with zero attached hydrogens (tertiary/aromatic N) is 1. The van der Waals surface area contributed by atoms with Crippen molar-refractivity contribution in [1.82, 2.24) is 0 Å². The predicted octanol–water partition coefficient (Wildman–Crippen LogP) is 2.85. The first-order chi connectivity index (χ1) is 6.73. The molecule has 1 rings (SSSR count). The molecule has 0 heterocycles. The first kappa shape index (κ1) is 12.5. The largest absolute Gasteiger partial charge is 0.393 e. The predicted molar refractivity (Wildman–Crippen MR) is 48.4 cm³/mol. The van der Waals surface area contributed by atoms with E-state index in [4.69, 9.17) is 11.6 Å². The van der Waals surface area contributed by atoms with Gasteiger partial charge in [-0.3, -0.25) is 10.1 Å². The topological polar surface area (TPSA) is 43.1 Å². The van der Waals surface area contributed by atoms with Crippen molar-refractivity contribution in [3.8, 4) is 0 Å². The van der Waals surface area contributed by atoms with E-state index in [1.165, 1.54) is 0 Å². The van der Waals surface area contributed by atoms with Crippen molar-refractivity contribution in [2.45, 2.75) is 37.4 Å². The Labute approximate surface area is 89.7 Å². The van der Waals surface area contributed by atoms with Crippen LogP contribution < -0.4 is 0 Å². The second kappa shape index (κ2) is 4.15. The van der Waals surface area contributed by atoms with Gasteiger partial charge in [0.1, 0.15) is 0 Å². The summed E-state index contributed by atoms with van der Waals surface area (Å²) in [5.74, 6) is -2.16. The van der Waals surface area contributed by atoms with Gasteiger partial charge in [-0.25, -0.2) is 0 Å². The molecular formula is C8H11ClF3NO2. The van der Waals surface area contributed by atoms with E-state index in [2.05, 4.69) is 0 Å². The Morgan fingerprint density at radius 3 is 2.33 bits per heavy atom. The van der Waals surface area contributed by atoms with E-state index in [0.717, 1.165) is 0 Å². The van der Waals surface area contributed by atoms with Crippen LogP contribution in [-0.2, 0) is 0 Å². The van der Waals surface area contributed by atoms with Gasteiger partial charge in [-0.15, -0.1) is 11.6 Å². The third-order valence-electron chi connectivity index (χ3n) is 2.88. The van der Waals surface area contributed by atoms with Crippen molar-refractivity contribution in [3.05, 3.63) is 10.1 Å². The molecule has 15 heavy (non-hydrogen) atoms. The molecule has 0 N–H and O–H groups in total. The zero-order chi connectivity index (χ0) is 11.8. The molecule has 4 atom stereocenters. The number of nitro groups is 1. The summed E-state index contributed by atoms with van der Waals surface area (Å²) in [7, 11) is 0. The molecule has 4 unspecified atom stereocenters. The SMILES string of the molecule is CC1CC(Cl)C(C(F)(F)F)CC1[N+](=O)[O-]. The second-order valence-electron chi connectivity index (χ2n) is 3.97. The zero-order valence-electron chi connectivity index (χ0n) is 8.00. The molecule has 0 aliphatic heterocycles. The van der Waals surface area contributed by atoms with Gasteiger partial charge < -0.3 is 0 Å². The van der Waals surface area contributed by atoms with E-state index in [-0.39, 0.29) is 6.42 Å². The third-order valence-corrected chi connectivity index (χ3v) is 3.36. The Morgan fingerprint density at radius 2 is 1.93 bits per heavy atom. The van der Waals surface area contributed by atoms with E-state index >= 15 is 0 Å². The highest BCUT2D eigenvalue weighted by Gasteiger charge is 2.52. The van der Waals surface area contributed by atoms with Gasteiger partial charge in [-0.2, -0.15) is 13.2 Å². The van der Waals surface area contributed by atoms with Crippen molar-refractivity contribution in [3.63, 3.8) is 0 Å². The van der Waals surface area contributed by atoms with Crippen LogP contribution in [0, 0.1) is 22.0 Å². The Kier molecular flexibility index (Phi) is 3.48. The van der Waals surface area contributed by atoms with Gasteiger partial charge in [-0.1, -0.05) is 6.92 Å². The molecule has 88 valence electrons. The van der Waals surface area contributed by atoms with Crippen LogP contribution in [0.2, 0.25) is 0 Å². The Hall–Kier alpha value is -0.520. The monoisotopic (exact) mass is 245 g/mol. The summed E-state index contributed by atoms with van der Waals surface area (Å²) in [6.45, 7) is 1.56. The van der Waals surface area contributed by atoms with Gasteiger partial charge in [0, 0.05) is 22.6 Å². The Morgan fingerprint density at radius 1 is 1.40 bits per heavy atom. The molecule has 1 aliphatic carbocycles. The number of halogens is 4. The quantitative estimate of drug-likeness (QED) is 0.405. The van der Waals surface area contributed by atoms with E-state index in [1.807, 2.05) is 0 Å². The lowest BCUT2D eigenvalue weighted by atomic mass is 9.78. The smallest absolute Gasteiger partial charge is 0.264 e. The summed E-state index contributed by atoms with van der Waals surface area (Å²) in [6.07, 6.45) is -4.91. The third kappa shape index (κ3) is 2.74. The molecule has 0 radical (unpaired) electrons. The molecule has 1 fully saturated rings. The normalized spacial score (nSPS) is 37.7. The van der Waals surface area contributed by atoms with Gasteiger partial charge in [0.2, 0.25) is 6.04 Å². The van der Waals surface area contributed by atoms with Crippen LogP contribution in [0.1, 0.15) is 19.8 Å². The van der Waals surface area contributed by atoms with Crippen molar-refractivity contribution in [1.29, 1.82) is 0 Å². The highest BCUT2D eigenvalue weighted by molar-refractivity contribution is 6.20. The molecule has 0 bridgehead atoms. The van der Waals surface area contributed by atoms with Crippen molar-refractivity contribution in [2.24, 2.45) is 11.8 Å². The van der Waals surface area contributed by atoms with Crippen LogP contribution in [0.15, 0.2) is 0 Å². The van der Waals surface area contributed by atoms with Gasteiger partial charge in [0.05, 0.1) is 5.92 Å². The fourth-order valence-electron chi connectivity index (χ4n) is 1.95. The Balaban J connectivity index is 2.80. The number of rotatable bonds is 1. The first-order valence-electron chi connectivity index (χ1n) is 4.57. The van der Waals surface area contributed by atoms with Gasteiger partial charge >= 0.3 is 6.18 Å². The summed E-state index contributed by atoms with van der Waals surface area (Å²) in [5.41, 5.74) is 0. The highest BCUT2D eigenvalue weighted by atomic mass is 35.5. The molecule has 0 aromatic carbocycles. The molecule has 0 spiro atoms. The van der Waals surface area contributed by atoms with Crippen LogP contribution >= 0.6 is 11.6 Å². The molecule has 0 amide bonds. The summed E-state index contributed by atoms with van der Waals surface area (Å²) in [6, 6.07) is -1.13. The van der Waals surface area contributed by atoms with Crippen molar-refractivity contribution in [2.75, 3.05) is 0 Å². The van der Waals surface area contributed by atoms with E-state index in [0.29, 0.717) is 0 Å². The summed E-state index contributed by atoms with van der Waals surface area (Å²) in [5, 5.41) is 9.49. The maximum atomic E-state index is 12.4. The number of alkyl halides is 4. The summed E-state index contributed by atoms with van der Waals surface area (Å²) in [4.78, 5) is 9.91. The molecular weight excluding hydrogens is 235 g/mol. The average molecular weight is 246 g/mol. The number of hydrogen-bond donors (Lipinski definition) is 0. The van der Waals surface area contributed by atoms with Gasteiger partial charge in [0.15, 0.2) is 0 Å². The van der Waals surface area contributed by atoms with E-state index in [9.17, 15) is 23.3 Å². The van der Waals surface area contributed by atoms with E-state index in [1.54, 1.807) is 6.92 Å². The number of hydrogen-bond acceptors (Lipinski definition) is 2. The van der Waals surface area contributed by atoms with Gasteiger partial charge in [-0.05, 0) is 6.42 Å². The minimum atomic E-state index is -4.44. The van der Waals surface area contributed by atoms with Crippen LogP contribution in [0.3, 0.4) is 0 Å². The standard InChI is InChI=1S/C8H11ClF3NO2/c1-4-2-6(9)5(8(10,11)12)3-7(4)13(14)15/h4-7H,2-3H2,1H3. The van der Waals surface area contributed by atoms with Crippen LogP contribution in [0.5, 0.6) is 0 Å². The fourth-order valence-corrected chi connectivity index (χ4v) is 2.48. The zero-order valence-corrected chi connectivity index (χ0v) is 8.76. The minimum absolute atomic E-state index is 0.0391. The molecule has 7 heteroatoms. The van der Waals surface area contributed by atoms with Crippen LogP contribution in [0.4, 0.5) is 13.2 Å². The van der Waals surface area contributed by atoms with Crippen LogP contribution in [0.25, 0.3) is 0 Å². The maximum Gasteiger partial charge on any atom is 0.393 e. The van der Waals surface area contributed by atoms with Gasteiger partial charge in [0.25, 0.3) is 0 Å². The molecule has 0 saturated heterocycles. The van der Waals surface area contributed by atoms with E-state index < -0.39 is 40.8 Å². The first-order valence-corrected chi connectivity index (χ1v) is 5.01. The lowest BCUT2D eigenvalue weighted by molar-refractivity contribution is -0.538. The summed E-state index contributed by atoms with van der Waals surface area (Å²) < 4.78 is 37.3. The molecule has 0 aromatic heterocycles. The van der Waals surface area contributed by atoms with Crippen molar-refractivity contribution < 1.29 is 18.1 Å². The molecule has 1 saturated carbocycles. The maximum absolute atomic E-state index is 12.4. The van der Waals surface area contributed by atoms with Crippen molar-refractivity contribution >= 4 is 11.6 Å². The molecule has 3 nitrogen and oxygen atoms in total. The average Bonchev–Trinajstić information content (AvgIpc) is 2.00.